The molecule has 0 saturated carbocycles. The largest absolute Gasteiger partial charge is 0.444 e. The van der Waals surface area contributed by atoms with Gasteiger partial charge in [-0.25, -0.2) is 4.79 Å². The first kappa shape index (κ1) is 17.0. The number of benzene rings is 1. The lowest BCUT2D eigenvalue weighted by Gasteiger charge is -2.21. The topological polar surface area (TPSA) is 50.4 Å². The Morgan fingerprint density at radius 2 is 2.09 bits per heavy atom. The molecular formula is C17H26N2O2S. The van der Waals surface area contributed by atoms with Crippen LogP contribution in [0.4, 0.5) is 10.5 Å². The number of ether oxygens (including phenoxy) is 1. The molecule has 0 radical (unpaired) electrons. The minimum Gasteiger partial charge on any atom is -0.444 e. The van der Waals surface area contributed by atoms with Gasteiger partial charge < -0.3 is 15.4 Å². The molecule has 1 aliphatic heterocycles. The lowest BCUT2D eigenvalue weighted by Crippen LogP contribution is -2.32. The van der Waals surface area contributed by atoms with E-state index < -0.39 is 5.60 Å². The van der Waals surface area contributed by atoms with Gasteiger partial charge in [-0.1, -0.05) is 25.1 Å². The first-order valence-corrected chi connectivity index (χ1v) is 8.81. The molecule has 4 nitrogen and oxygen atoms in total. The van der Waals surface area contributed by atoms with E-state index >= 15 is 0 Å². The zero-order chi connectivity index (χ0) is 16.2. The highest BCUT2D eigenvalue weighted by molar-refractivity contribution is 8.00. The van der Waals surface area contributed by atoms with Crippen molar-refractivity contribution in [3.05, 3.63) is 29.8 Å². The molecule has 22 heavy (non-hydrogen) atoms. The molecular weight excluding hydrogens is 296 g/mol. The summed E-state index contributed by atoms with van der Waals surface area (Å²) in [6, 6.07) is 8.61. The Kier molecular flexibility index (Phi) is 5.62. The van der Waals surface area contributed by atoms with Crippen molar-refractivity contribution in [2.75, 3.05) is 11.1 Å². The molecule has 2 rings (SSSR count). The Balaban J connectivity index is 1.92. The summed E-state index contributed by atoms with van der Waals surface area (Å²) in [7, 11) is 0. The van der Waals surface area contributed by atoms with Gasteiger partial charge in [0.2, 0.25) is 0 Å². The van der Waals surface area contributed by atoms with E-state index in [9.17, 15) is 4.79 Å². The van der Waals surface area contributed by atoms with E-state index in [0.29, 0.717) is 17.8 Å². The lowest BCUT2D eigenvalue weighted by atomic mass is 10.1. The number of carbonyl (C=O) groups excluding carboxylic acids is 1. The maximum absolute atomic E-state index is 11.8. The van der Waals surface area contributed by atoms with Gasteiger partial charge in [0.05, 0.1) is 0 Å². The molecule has 0 bridgehead atoms. The molecule has 122 valence electrons. The van der Waals surface area contributed by atoms with Crippen LogP contribution in [0.15, 0.2) is 24.3 Å². The van der Waals surface area contributed by atoms with Gasteiger partial charge in [-0.05, 0) is 38.8 Å². The summed E-state index contributed by atoms with van der Waals surface area (Å²) in [5, 5.41) is 7.13. The quantitative estimate of drug-likeness (QED) is 0.879. The molecule has 2 atom stereocenters. The molecule has 1 aromatic carbocycles. The third-order valence-electron chi connectivity index (χ3n) is 3.40. The van der Waals surface area contributed by atoms with Gasteiger partial charge in [0, 0.05) is 29.3 Å². The minimum absolute atomic E-state index is 0.382. The van der Waals surface area contributed by atoms with Crippen LogP contribution in [-0.4, -0.2) is 28.7 Å². The van der Waals surface area contributed by atoms with Crippen molar-refractivity contribution < 1.29 is 9.53 Å². The first-order valence-electron chi connectivity index (χ1n) is 7.76. The van der Waals surface area contributed by atoms with Crippen LogP contribution in [0.5, 0.6) is 0 Å². The van der Waals surface area contributed by atoms with Crippen molar-refractivity contribution in [2.24, 2.45) is 0 Å². The summed E-state index contributed by atoms with van der Waals surface area (Å²) >= 11 is 2.00. The third kappa shape index (κ3) is 5.44. The van der Waals surface area contributed by atoms with Crippen molar-refractivity contribution in [1.82, 2.24) is 5.32 Å². The summed E-state index contributed by atoms with van der Waals surface area (Å²) < 4.78 is 5.27. The highest BCUT2D eigenvalue weighted by Gasteiger charge is 2.22. The third-order valence-corrected chi connectivity index (χ3v) is 4.75. The number of para-hydroxylation sites is 1. The van der Waals surface area contributed by atoms with Crippen LogP contribution in [0.2, 0.25) is 0 Å². The average molecular weight is 322 g/mol. The van der Waals surface area contributed by atoms with Gasteiger partial charge in [-0.2, -0.15) is 11.8 Å². The number of nitrogens with one attached hydrogen (secondary N) is 2. The summed E-state index contributed by atoms with van der Waals surface area (Å²) in [5.74, 6) is 1.13. The molecule has 2 N–H and O–H groups in total. The highest BCUT2D eigenvalue weighted by Crippen LogP contribution is 2.29. The smallest absolute Gasteiger partial charge is 0.407 e. The van der Waals surface area contributed by atoms with E-state index in [1.807, 2.05) is 50.7 Å². The van der Waals surface area contributed by atoms with Crippen LogP contribution in [0, 0.1) is 0 Å². The summed E-state index contributed by atoms with van der Waals surface area (Å²) in [4.78, 5) is 11.8. The van der Waals surface area contributed by atoms with E-state index in [1.165, 1.54) is 6.42 Å². The van der Waals surface area contributed by atoms with Crippen LogP contribution < -0.4 is 10.6 Å². The predicted molar refractivity (Wildman–Crippen MR) is 93.5 cm³/mol. The highest BCUT2D eigenvalue weighted by atomic mass is 32.2. The van der Waals surface area contributed by atoms with Crippen LogP contribution in [0.25, 0.3) is 0 Å². The van der Waals surface area contributed by atoms with E-state index in [0.717, 1.165) is 17.0 Å². The van der Waals surface area contributed by atoms with E-state index in [-0.39, 0.29) is 6.09 Å². The van der Waals surface area contributed by atoms with Crippen molar-refractivity contribution in [3.63, 3.8) is 0 Å². The molecule has 5 heteroatoms. The fourth-order valence-electron chi connectivity index (χ4n) is 2.43. The first-order chi connectivity index (χ1) is 10.3. The fourth-order valence-corrected chi connectivity index (χ4v) is 3.58. The maximum atomic E-state index is 11.8. The zero-order valence-corrected chi connectivity index (χ0v) is 14.6. The maximum Gasteiger partial charge on any atom is 0.407 e. The van der Waals surface area contributed by atoms with Gasteiger partial charge in [0.15, 0.2) is 0 Å². The van der Waals surface area contributed by atoms with Crippen LogP contribution in [0.1, 0.15) is 39.7 Å². The monoisotopic (exact) mass is 322 g/mol. The number of hydrogen-bond donors (Lipinski definition) is 2. The Hall–Kier alpha value is -1.36. The van der Waals surface area contributed by atoms with E-state index in [2.05, 4.69) is 23.6 Å². The molecule has 1 fully saturated rings. The van der Waals surface area contributed by atoms with Crippen molar-refractivity contribution in [3.8, 4) is 0 Å². The Morgan fingerprint density at radius 3 is 2.73 bits per heavy atom. The fraction of sp³-hybridized carbons (Fsp3) is 0.588. The SMILES string of the molecule is CC1CC(Nc2ccccc2CNC(=O)OC(C)(C)C)CS1. The van der Waals surface area contributed by atoms with Gasteiger partial charge >= 0.3 is 6.09 Å². The van der Waals surface area contributed by atoms with Crippen molar-refractivity contribution >= 4 is 23.5 Å². The molecule has 1 aromatic rings. The number of rotatable bonds is 4. The van der Waals surface area contributed by atoms with Gasteiger partial charge in [0.1, 0.15) is 5.60 Å². The van der Waals surface area contributed by atoms with Crippen LogP contribution in [-0.2, 0) is 11.3 Å². The molecule has 1 amide bonds. The average Bonchev–Trinajstić information content (AvgIpc) is 2.81. The predicted octanol–water partition coefficient (Wildman–Crippen LogP) is 4.02. The summed E-state index contributed by atoms with van der Waals surface area (Å²) in [6.07, 6.45) is 0.797. The van der Waals surface area contributed by atoms with E-state index in [4.69, 9.17) is 4.74 Å². The summed E-state index contributed by atoms with van der Waals surface area (Å²) in [5.41, 5.74) is 1.70. The van der Waals surface area contributed by atoms with Gasteiger partial charge in [-0.3, -0.25) is 0 Å². The molecule has 2 unspecified atom stereocenters. The van der Waals surface area contributed by atoms with Crippen LogP contribution >= 0.6 is 11.8 Å². The number of amides is 1. The van der Waals surface area contributed by atoms with Gasteiger partial charge in [-0.15, -0.1) is 0 Å². The molecule has 0 aliphatic carbocycles. The number of anilines is 1. The summed E-state index contributed by atoms with van der Waals surface area (Å²) in [6.45, 7) is 8.32. The molecule has 1 heterocycles. The molecule has 1 aliphatic rings. The minimum atomic E-state index is -0.473. The lowest BCUT2D eigenvalue weighted by molar-refractivity contribution is 0.0523. The second kappa shape index (κ2) is 7.27. The molecule has 0 aromatic heterocycles. The van der Waals surface area contributed by atoms with Crippen LogP contribution in [0.3, 0.4) is 0 Å². The number of hydrogen-bond acceptors (Lipinski definition) is 4. The number of alkyl carbamates (subject to hydrolysis) is 1. The standard InChI is InChI=1S/C17H26N2O2S/c1-12-9-14(11-22-12)19-15-8-6-5-7-13(15)10-18-16(20)21-17(2,3)4/h5-8,12,14,19H,9-11H2,1-4H3,(H,18,20). The number of carbonyl (C=O) groups is 1. The Bertz CT molecular complexity index is 514. The Morgan fingerprint density at radius 1 is 1.36 bits per heavy atom. The molecule has 0 spiro atoms. The number of thioether (sulfide) groups is 1. The zero-order valence-electron chi connectivity index (χ0n) is 13.8. The van der Waals surface area contributed by atoms with E-state index in [1.54, 1.807) is 0 Å². The van der Waals surface area contributed by atoms with Crippen molar-refractivity contribution in [1.29, 1.82) is 0 Å². The second-order valence-corrected chi connectivity index (χ2v) is 8.20. The normalized spacial score (nSPS) is 21.5. The second-order valence-electron chi connectivity index (χ2n) is 6.73. The Labute approximate surface area is 137 Å². The molecule has 1 saturated heterocycles. The van der Waals surface area contributed by atoms with Crippen molar-refractivity contribution in [2.45, 2.75) is 57.6 Å². The van der Waals surface area contributed by atoms with Gasteiger partial charge in [0.25, 0.3) is 0 Å².